The van der Waals surface area contributed by atoms with Crippen molar-refractivity contribution in [2.45, 2.75) is 115 Å². The SMILES string of the molecule is CCOC(=O)[C@H](CCc1ccccc1)N[C@@H](C)C(=O)N1[C@H](C(=O)O)C[C@H]2CCCC[C@@H]21.CC[C@@]1(O)C(=O)OCc2c1cc1n(c2=O)Cc2cc3c([N+](=O)[O-])cccc3nc2-1. The Bertz CT molecular complexity index is 2400. The van der Waals surface area contributed by atoms with Crippen molar-refractivity contribution in [1.29, 1.82) is 0 Å². The third-order valence-corrected chi connectivity index (χ3v) is 12.3. The number of cyclic esters (lactones) is 1. The topological polar surface area (TPSA) is 220 Å². The molecule has 2 aromatic heterocycles. The summed E-state index contributed by atoms with van der Waals surface area (Å²) in [6, 6.07) is 15.7. The zero-order valence-electron chi connectivity index (χ0n) is 33.8. The number of hydrogen-bond donors (Lipinski definition) is 3. The van der Waals surface area contributed by atoms with Crippen molar-refractivity contribution in [3.8, 4) is 11.4 Å². The Hall–Kier alpha value is -6.00. The predicted molar refractivity (Wildman–Crippen MR) is 218 cm³/mol. The first-order valence-corrected chi connectivity index (χ1v) is 20.5. The van der Waals surface area contributed by atoms with Gasteiger partial charge in [0, 0.05) is 23.2 Å². The number of carboxylic acid groups (broad SMARTS) is 1. The summed E-state index contributed by atoms with van der Waals surface area (Å²) in [4.78, 5) is 80.1. The number of fused-ring (bicyclic) bond motifs is 6. The lowest BCUT2D eigenvalue weighted by atomic mass is 9.84. The maximum atomic E-state index is 13.4. The molecule has 3 N–H and O–H groups in total. The van der Waals surface area contributed by atoms with Crippen LogP contribution in [0, 0.1) is 16.0 Å². The van der Waals surface area contributed by atoms with E-state index in [1.807, 2.05) is 30.3 Å². The van der Waals surface area contributed by atoms with E-state index < -0.39 is 40.6 Å². The van der Waals surface area contributed by atoms with Crippen molar-refractivity contribution < 1.29 is 43.8 Å². The molecule has 0 spiro atoms. The molecule has 1 aliphatic carbocycles. The van der Waals surface area contributed by atoms with Crippen LogP contribution in [0.25, 0.3) is 22.3 Å². The van der Waals surface area contributed by atoms with Gasteiger partial charge in [0.05, 0.1) is 52.0 Å². The quantitative estimate of drug-likeness (QED) is 0.0931. The Morgan fingerprint density at radius 2 is 1.83 bits per heavy atom. The molecule has 1 saturated heterocycles. The number of likely N-dealkylation sites (tertiary alicyclic amines) is 1. The average Bonchev–Trinajstić information content (AvgIpc) is 3.82. The summed E-state index contributed by atoms with van der Waals surface area (Å²) >= 11 is 0. The number of ether oxygens (including phenoxy) is 2. The molecule has 4 aromatic rings. The zero-order chi connectivity index (χ0) is 42.9. The molecule has 16 heteroatoms. The van der Waals surface area contributed by atoms with Gasteiger partial charge in [-0.15, -0.1) is 0 Å². The molecule has 5 heterocycles. The number of hydrogen-bond acceptors (Lipinski definition) is 12. The second-order valence-electron chi connectivity index (χ2n) is 15.9. The molecule has 16 nitrogen and oxygen atoms in total. The molecule has 1 amide bonds. The van der Waals surface area contributed by atoms with E-state index in [0.29, 0.717) is 47.1 Å². The second-order valence-corrected chi connectivity index (χ2v) is 15.9. The number of benzene rings is 2. The average molecular weight is 824 g/mol. The maximum absolute atomic E-state index is 13.4. The lowest BCUT2D eigenvalue weighted by Crippen LogP contribution is -2.55. The third kappa shape index (κ3) is 7.88. The van der Waals surface area contributed by atoms with Gasteiger partial charge in [-0.05, 0) is 82.1 Å². The highest BCUT2D eigenvalue weighted by Crippen LogP contribution is 2.41. The van der Waals surface area contributed by atoms with Gasteiger partial charge in [-0.1, -0.05) is 56.2 Å². The minimum absolute atomic E-state index is 0.0167. The van der Waals surface area contributed by atoms with Gasteiger partial charge in [0.2, 0.25) is 5.91 Å². The van der Waals surface area contributed by atoms with E-state index in [0.717, 1.165) is 31.2 Å². The number of carbonyl (C=O) groups excluding carboxylic acids is 3. The zero-order valence-corrected chi connectivity index (χ0v) is 33.8. The van der Waals surface area contributed by atoms with Crippen molar-refractivity contribution in [2.24, 2.45) is 5.92 Å². The van der Waals surface area contributed by atoms with E-state index in [-0.39, 0.29) is 72.4 Å². The highest BCUT2D eigenvalue weighted by molar-refractivity contribution is 5.92. The number of carbonyl (C=O) groups is 4. The lowest BCUT2D eigenvalue weighted by molar-refractivity contribution is -0.383. The van der Waals surface area contributed by atoms with Gasteiger partial charge in [-0.25, -0.2) is 14.6 Å². The molecule has 0 radical (unpaired) electrons. The Labute approximate surface area is 345 Å². The largest absolute Gasteiger partial charge is 0.480 e. The van der Waals surface area contributed by atoms with E-state index >= 15 is 0 Å². The maximum Gasteiger partial charge on any atom is 0.343 e. The number of nitrogens with one attached hydrogen (secondary N) is 1. The number of amides is 1. The number of pyridine rings is 2. The first-order chi connectivity index (χ1) is 28.8. The van der Waals surface area contributed by atoms with E-state index in [2.05, 4.69) is 10.3 Å². The predicted octanol–water partition coefficient (Wildman–Crippen LogP) is 4.76. The Balaban J connectivity index is 0.000000182. The van der Waals surface area contributed by atoms with Crippen molar-refractivity contribution in [3.63, 3.8) is 0 Å². The molecule has 1 saturated carbocycles. The number of nitro benzene ring substituents is 1. The molecule has 4 aliphatic rings. The molecule has 2 aromatic carbocycles. The van der Waals surface area contributed by atoms with Gasteiger partial charge in [0.1, 0.15) is 18.7 Å². The van der Waals surface area contributed by atoms with Crippen molar-refractivity contribution in [3.05, 3.63) is 103 Å². The van der Waals surface area contributed by atoms with Crippen LogP contribution in [0.2, 0.25) is 0 Å². The molecule has 0 unspecified atom stereocenters. The first-order valence-electron chi connectivity index (χ1n) is 20.5. The van der Waals surface area contributed by atoms with Crippen molar-refractivity contribution in [1.82, 2.24) is 19.8 Å². The van der Waals surface area contributed by atoms with E-state index in [1.165, 1.54) is 10.6 Å². The molecule has 60 heavy (non-hydrogen) atoms. The highest BCUT2D eigenvalue weighted by atomic mass is 16.6. The van der Waals surface area contributed by atoms with Crippen LogP contribution >= 0.6 is 0 Å². The summed E-state index contributed by atoms with van der Waals surface area (Å²) in [5, 5.41) is 35.5. The monoisotopic (exact) mass is 823 g/mol. The Kier molecular flexibility index (Phi) is 12.2. The number of nitrogens with zero attached hydrogens (tertiary/aromatic N) is 4. The van der Waals surface area contributed by atoms with Gasteiger partial charge in [-0.3, -0.25) is 29.8 Å². The minimum Gasteiger partial charge on any atom is -0.480 e. The molecular weight excluding hydrogens is 775 g/mol. The summed E-state index contributed by atoms with van der Waals surface area (Å²) in [6.07, 6.45) is 5.68. The number of aromatic nitrogens is 2. The summed E-state index contributed by atoms with van der Waals surface area (Å²) in [6.45, 7) is 5.37. The minimum atomic E-state index is -1.89. The van der Waals surface area contributed by atoms with Crippen LogP contribution in [0.4, 0.5) is 5.69 Å². The first kappa shape index (κ1) is 42.1. The van der Waals surface area contributed by atoms with Crippen molar-refractivity contribution >= 4 is 40.4 Å². The van der Waals surface area contributed by atoms with Crippen LogP contribution in [0.15, 0.2) is 65.5 Å². The summed E-state index contributed by atoms with van der Waals surface area (Å²) in [7, 11) is 0. The van der Waals surface area contributed by atoms with E-state index in [1.54, 1.807) is 49.9 Å². The molecule has 6 atom stereocenters. The fourth-order valence-electron chi connectivity index (χ4n) is 9.21. The number of aliphatic carboxylic acids is 1. The molecular formula is C44H49N5O11. The van der Waals surface area contributed by atoms with Crippen LogP contribution < -0.4 is 10.9 Å². The standard InChI is InChI=1S/C24H34N2O5.C20H15N3O6/c1-3-31-24(30)19(14-13-17-9-5-4-6-10-17)25-16(2)22(27)26-20-12-8-7-11-18(20)15-21(26)23(28)29;1-2-20(26)13-7-16-17-10(8-22(16)18(24)12(13)9-29-19(20)25)6-11-14(21-17)4-3-5-15(11)23(27)28/h4-6,9-10,16,18-21,25H,3,7-8,11-15H2,1-2H3,(H,28,29);3-7,26H,2,8-9H2,1H3/t16-,18+,19-,20-,21-;20-/m00/s1. The van der Waals surface area contributed by atoms with Crippen LogP contribution in [0.1, 0.15) is 88.0 Å². The van der Waals surface area contributed by atoms with Crippen LogP contribution in [0.3, 0.4) is 0 Å². The summed E-state index contributed by atoms with van der Waals surface area (Å²) < 4.78 is 11.8. The number of carboxylic acids is 1. The third-order valence-electron chi connectivity index (χ3n) is 12.3. The number of non-ortho nitro benzene ring substituents is 1. The smallest absolute Gasteiger partial charge is 0.343 e. The molecule has 2 fully saturated rings. The van der Waals surface area contributed by atoms with E-state index in [9.17, 15) is 44.3 Å². The van der Waals surface area contributed by atoms with E-state index in [4.69, 9.17) is 9.47 Å². The number of nitro groups is 1. The van der Waals surface area contributed by atoms with Gasteiger partial charge in [-0.2, -0.15) is 0 Å². The van der Waals surface area contributed by atoms with Crippen molar-refractivity contribution in [2.75, 3.05) is 6.61 Å². The highest BCUT2D eigenvalue weighted by Gasteiger charge is 2.49. The van der Waals surface area contributed by atoms with Gasteiger partial charge < -0.3 is 29.2 Å². The molecule has 316 valence electrons. The Morgan fingerprint density at radius 1 is 1.08 bits per heavy atom. The number of aliphatic hydroxyl groups is 1. The van der Waals surface area contributed by atoms with Gasteiger partial charge >= 0.3 is 17.9 Å². The molecule has 3 aliphatic heterocycles. The summed E-state index contributed by atoms with van der Waals surface area (Å²) in [5.41, 5.74) is 1.35. The summed E-state index contributed by atoms with van der Waals surface area (Å²) in [5.74, 6) is -2.09. The van der Waals surface area contributed by atoms with Gasteiger partial charge in [0.25, 0.3) is 11.2 Å². The second kappa shape index (κ2) is 17.3. The number of aryl methyl sites for hydroxylation is 1. The number of rotatable bonds is 11. The number of esters is 2. The van der Waals surface area contributed by atoms with Gasteiger partial charge in [0.15, 0.2) is 5.60 Å². The lowest BCUT2D eigenvalue weighted by Gasteiger charge is -2.35. The van der Waals surface area contributed by atoms with Crippen LogP contribution in [-0.4, -0.2) is 84.2 Å². The fraction of sp³-hybridized carbons (Fsp3) is 0.455. The molecule has 0 bridgehead atoms. The fourth-order valence-corrected chi connectivity index (χ4v) is 9.21. The van der Waals surface area contributed by atoms with Crippen LogP contribution in [0.5, 0.6) is 0 Å². The van der Waals surface area contributed by atoms with Crippen LogP contribution in [-0.2, 0) is 53.8 Å². The normalized spacial score (nSPS) is 22.2. The molecule has 8 rings (SSSR count). The Morgan fingerprint density at radius 3 is 2.53 bits per heavy atom.